The number of carbonyl (C=O) groups is 1. The van der Waals surface area contributed by atoms with Crippen LogP contribution in [0.2, 0.25) is 5.02 Å². The average Bonchev–Trinajstić information content (AvgIpc) is 2.65. The van der Waals surface area contributed by atoms with Gasteiger partial charge in [0, 0.05) is 22.5 Å². The van der Waals surface area contributed by atoms with Crippen LogP contribution >= 0.6 is 11.6 Å². The molecule has 0 aliphatic carbocycles. The van der Waals surface area contributed by atoms with Crippen molar-refractivity contribution in [1.29, 1.82) is 5.26 Å². The van der Waals surface area contributed by atoms with Crippen molar-refractivity contribution in [3.05, 3.63) is 82.5 Å². The van der Waals surface area contributed by atoms with E-state index in [2.05, 4.69) is 21.7 Å². The molecule has 0 spiro atoms. The summed E-state index contributed by atoms with van der Waals surface area (Å²) < 4.78 is 0. The van der Waals surface area contributed by atoms with Crippen LogP contribution in [-0.2, 0) is 0 Å². The Bertz CT molecular complexity index is 1010. The molecule has 1 heterocycles. The summed E-state index contributed by atoms with van der Waals surface area (Å²) in [6.07, 6.45) is 1.54. The van der Waals surface area contributed by atoms with Gasteiger partial charge in [-0.1, -0.05) is 29.8 Å². The second-order valence-corrected chi connectivity index (χ2v) is 6.06. The molecule has 0 bridgehead atoms. The lowest BCUT2D eigenvalue weighted by Crippen LogP contribution is -2.13. The van der Waals surface area contributed by atoms with Crippen LogP contribution in [0.4, 0.5) is 17.2 Å². The third-order valence-corrected chi connectivity index (χ3v) is 4.02. The molecule has 0 aliphatic heterocycles. The van der Waals surface area contributed by atoms with Crippen molar-refractivity contribution in [2.24, 2.45) is 0 Å². The van der Waals surface area contributed by atoms with E-state index >= 15 is 0 Å². The Morgan fingerprint density at radius 2 is 1.92 bits per heavy atom. The highest BCUT2D eigenvalue weighted by molar-refractivity contribution is 6.31. The Kier molecular flexibility index (Phi) is 5.16. The maximum atomic E-state index is 12.5. The van der Waals surface area contributed by atoms with E-state index < -0.39 is 0 Å². The summed E-state index contributed by atoms with van der Waals surface area (Å²) in [5.41, 5.74) is 3.14. The van der Waals surface area contributed by atoms with E-state index in [1.165, 1.54) is 6.20 Å². The van der Waals surface area contributed by atoms with Gasteiger partial charge in [-0.2, -0.15) is 5.26 Å². The van der Waals surface area contributed by atoms with Crippen molar-refractivity contribution >= 4 is 34.7 Å². The van der Waals surface area contributed by atoms with Gasteiger partial charge in [-0.05, 0) is 48.9 Å². The lowest BCUT2D eigenvalue weighted by molar-refractivity contribution is 0.102. The van der Waals surface area contributed by atoms with Crippen molar-refractivity contribution < 1.29 is 4.79 Å². The van der Waals surface area contributed by atoms with Crippen molar-refractivity contribution in [1.82, 2.24) is 4.98 Å². The van der Waals surface area contributed by atoms with E-state index in [9.17, 15) is 4.79 Å². The number of para-hydroxylation sites is 1. The zero-order valence-electron chi connectivity index (χ0n) is 14.0. The first kappa shape index (κ1) is 17.5. The van der Waals surface area contributed by atoms with Crippen LogP contribution in [0.1, 0.15) is 21.5 Å². The Morgan fingerprint density at radius 1 is 1.12 bits per heavy atom. The lowest BCUT2D eigenvalue weighted by Gasteiger charge is -2.11. The smallest absolute Gasteiger partial charge is 0.255 e. The normalized spacial score (nSPS) is 10.0. The number of anilines is 3. The summed E-state index contributed by atoms with van der Waals surface area (Å²) in [6, 6.07) is 17.8. The highest BCUT2D eigenvalue weighted by atomic mass is 35.5. The molecule has 0 radical (unpaired) electrons. The predicted octanol–water partition coefficient (Wildman–Crippen LogP) is 4.91. The minimum Gasteiger partial charge on any atom is -0.339 e. The van der Waals surface area contributed by atoms with E-state index in [0.29, 0.717) is 33.3 Å². The minimum absolute atomic E-state index is 0.269. The van der Waals surface area contributed by atoms with Gasteiger partial charge in [0.2, 0.25) is 0 Å². The number of pyridine rings is 1. The maximum Gasteiger partial charge on any atom is 0.255 e. The van der Waals surface area contributed by atoms with E-state index in [1.54, 1.807) is 42.5 Å². The second kappa shape index (κ2) is 7.68. The van der Waals surface area contributed by atoms with Gasteiger partial charge in [-0.25, -0.2) is 4.98 Å². The minimum atomic E-state index is -0.269. The van der Waals surface area contributed by atoms with Gasteiger partial charge in [0.1, 0.15) is 11.9 Å². The molecule has 2 N–H and O–H groups in total. The molecule has 0 unspecified atom stereocenters. The predicted molar refractivity (Wildman–Crippen MR) is 103 cm³/mol. The number of hydrogen-bond acceptors (Lipinski definition) is 4. The van der Waals surface area contributed by atoms with Crippen molar-refractivity contribution in [2.45, 2.75) is 6.92 Å². The third kappa shape index (κ3) is 4.00. The molecule has 3 aromatic rings. The van der Waals surface area contributed by atoms with Crippen molar-refractivity contribution in [3.63, 3.8) is 0 Å². The maximum absolute atomic E-state index is 12.5. The molecule has 26 heavy (non-hydrogen) atoms. The highest BCUT2D eigenvalue weighted by Gasteiger charge is 2.10. The lowest BCUT2D eigenvalue weighted by atomic mass is 10.1. The van der Waals surface area contributed by atoms with Gasteiger partial charge in [-0.15, -0.1) is 0 Å². The van der Waals surface area contributed by atoms with Crippen LogP contribution in [0.3, 0.4) is 0 Å². The molecule has 128 valence electrons. The summed E-state index contributed by atoms with van der Waals surface area (Å²) in [5.74, 6) is 0.206. The SMILES string of the molecule is Cc1ccc(Cl)cc1NC(=O)c1ccnc(Nc2ccccc2C#N)c1. The van der Waals surface area contributed by atoms with Gasteiger partial charge >= 0.3 is 0 Å². The fourth-order valence-corrected chi connectivity index (χ4v) is 2.56. The second-order valence-electron chi connectivity index (χ2n) is 5.63. The zero-order valence-corrected chi connectivity index (χ0v) is 14.7. The van der Waals surface area contributed by atoms with Gasteiger partial charge < -0.3 is 10.6 Å². The monoisotopic (exact) mass is 362 g/mol. The Balaban J connectivity index is 1.82. The van der Waals surface area contributed by atoms with E-state index in [1.807, 2.05) is 19.1 Å². The summed E-state index contributed by atoms with van der Waals surface area (Å²) in [5, 5.41) is 15.6. The molecule has 0 saturated carbocycles. The largest absolute Gasteiger partial charge is 0.339 e. The molecule has 1 amide bonds. The first-order valence-electron chi connectivity index (χ1n) is 7.86. The molecule has 0 atom stereocenters. The molecule has 5 nitrogen and oxygen atoms in total. The van der Waals surface area contributed by atoms with E-state index in [0.717, 1.165) is 5.56 Å². The summed E-state index contributed by atoms with van der Waals surface area (Å²) in [6.45, 7) is 1.89. The summed E-state index contributed by atoms with van der Waals surface area (Å²) in [7, 11) is 0. The molecule has 1 aromatic heterocycles. The van der Waals surface area contributed by atoms with E-state index in [4.69, 9.17) is 16.9 Å². The van der Waals surface area contributed by atoms with Crippen LogP contribution in [0.15, 0.2) is 60.8 Å². The molecule has 0 aliphatic rings. The number of aryl methyl sites for hydroxylation is 1. The van der Waals surface area contributed by atoms with Crippen LogP contribution in [0.25, 0.3) is 0 Å². The molecular weight excluding hydrogens is 348 g/mol. The summed E-state index contributed by atoms with van der Waals surface area (Å²) >= 11 is 5.99. The number of hydrogen-bond donors (Lipinski definition) is 2. The quantitative estimate of drug-likeness (QED) is 0.691. The number of nitrogens with zero attached hydrogens (tertiary/aromatic N) is 2. The Morgan fingerprint density at radius 3 is 2.73 bits per heavy atom. The molecule has 3 rings (SSSR count). The third-order valence-electron chi connectivity index (χ3n) is 3.78. The number of nitriles is 1. The first-order chi connectivity index (χ1) is 12.6. The number of carbonyl (C=O) groups excluding carboxylic acids is 1. The molecular formula is C20H15ClN4O. The van der Waals surface area contributed by atoms with Gasteiger partial charge in [0.15, 0.2) is 0 Å². The number of rotatable bonds is 4. The fraction of sp³-hybridized carbons (Fsp3) is 0.0500. The van der Waals surface area contributed by atoms with Crippen LogP contribution in [0.5, 0.6) is 0 Å². The fourth-order valence-electron chi connectivity index (χ4n) is 2.39. The molecule has 0 fully saturated rings. The standard InChI is InChI=1S/C20H15ClN4O/c1-13-6-7-16(21)11-18(13)25-20(26)14-8-9-23-19(10-14)24-17-5-3-2-4-15(17)12-22/h2-11H,1H3,(H,23,24)(H,25,26). The van der Waals surface area contributed by atoms with Crippen LogP contribution in [0, 0.1) is 18.3 Å². The molecule has 2 aromatic carbocycles. The van der Waals surface area contributed by atoms with Crippen LogP contribution in [-0.4, -0.2) is 10.9 Å². The molecule has 6 heteroatoms. The zero-order chi connectivity index (χ0) is 18.5. The number of amides is 1. The van der Waals surface area contributed by atoms with Crippen molar-refractivity contribution in [3.8, 4) is 6.07 Å². The number of nitrogens with one attached hydrogen (secondary N) is 2. The Labute approximate surface area is 156 Å². The van der Waals surface area contributed by atoms with E-state index in [-0.39, 0.29) is 5.91 Å². The van der Waals surface area contributed by atoms with Gasteiger partial charge in [0.05, 0.1) is 11.3 Å². The number of aromatic nitrogens is 1. The Hall–Kier alpha value is -3.36. The van der Waals surface area contributed by atoms with Gasteiger partial charge in [0.25, 0.3) is 5.91 Å². The topological polar surface area (TPSA) is 77.8 Å². The van der Waals surface area contributed by atoms with Crippen LogP contribution < -0.4 is 10.6 Å². The average molecular weight is 363 g/mol. The van der Waals surface area contributed by atoms with Gasteiger partial charge in [-0.3, -0.25) is 4.79 Å². The highest BCUT2D eigenvalue weighted by Crippen LogP contribution is 2.22. The number of halogens is 1. The first-order valence-corrected chi connectivity index (χ1v) is 8.24. The summed E-state index contributed by atoms with van der Waals surface area (Å²) in [4.78, 5) is 16.8. The molecule has 0 saturated heterocycles. The van der Waals surface area contributed by atoms with Crippen molar-refractivity contribution in [2.75, 3.05) is 10.6 Å². The number of benzene rings is 2.